The number of aryl methyl sites for hydroxylation is 1. The van der Waals surface area contributed by atoms with Crippen molar-refractivity contribution in [3.05, 3.63) is 57.9 Å². The first kappa shape index (κ1) is 18.8. The Kier molecular flexibility index (Phi) is 4.83. The lowest BCUT2D eigenvalue weighted by Crippen LogP contribution is -2.23. The van der Waals surface area contributed by atoms with Crippen molar-refractivity contribution in [2.45, 2.75) is 24.7 Å². The molecule has 2 aromatic carbocycles. The number of carbonyl (C=O) groups is 1. The van der Waals surface area contributed by atoms with Gasteiger partial charge in [-0.1, -0.05) is 0 Å². The highest BCUT2D eigenvalue weighted by Crippen LogP contribution is 2.28. The van der Waals surface area contributed by atoms with E-state index in [1.807, 2.05) is 0 Å². The van der Waals surface area contributed by atoms with E-state index in [4.69, 9.17) is 0 Å². The van der Waals surface area contributed by atoms with Crippen LogP contribution in [0.5, 0.6) is 0 Å². The zero-order chi connectivity index (χ0) is 19.8. The number of nitrogens with zero attached hydrogens (tertiary/aromatic N) is 2. The number of amides is 1. The summed E-state index contributed by atoms with van der Waals surface area (Å²) >= 11 is 0. The van der Waals surface area contributed by atoms with Gasteiger partial charge in [-0.15, -0.1) is 0 Å². The van der Waals surface area contributed by atoms with Crippen molar-refractivity contribution in [2.75, 3.05) is 16.2 Å². The van der Waals surface area contributed by atoms with Crippen molar-refractivity contribution in [3.63, 3.8) is 0 Å². The van der Waals surface area contributed by atoms with Gasteiger partial charge in [0, 0.05) is 30.4 Å². The van der Waals surface area contributed by atoms with E-state index in [1.54, 1.807) is 17.0 Å². The number of halogens is 1. The monoisotopic (exact) mass is 393 g/mol. The molecule has 1 N–H and O–H groups in total. The van der Waals surface area contributed by atoms with Crippen LogP contribution in [0.15, 0.2) is 41.3 Å². The fraction of sp³-hybridized carbons (Fsp3) is 0.235. The largest absolute Gasteiger partial charge is 0.312 e. The lowest BCUT2D eigenvalue weighted by Gasteiger charge is -2.16. The number of nitro groups is 1. The van der Waals surface area contributed by atoms with Crippen LogP contribution in [-0.4, -0.2) is 25.8 Å². The minimum Gasteiger partial charge on any atom is -0.312 e. The van der Waals surface area contributed by atoms with Crippen LogP contribution < -0.4 is 9.62 Å². The average Bonchev–Trinajstić information content (AvgIpc) is 3.03. The molecule has 27 heavy (non-hydrogen) atoms. The molecule has 8 nitrogen and oxygen atoms in total. The molecule has 10 heteroatoms. The van der Waals surface area contributed by atoms with E-state index in [-0.39, 0.29) is 17.2 Å². The standard InChI is InChI=1S/C17H16FN3O5S/c1-11-9-14(10-15(17(11)18)21(23)24)27(25,26)19-12-4-6-13(7-5-12)20-8-2-3-16(20)22/h4-7,9-10,19H,2-3,8H2,1H3. The Morgan fingerprint density at radius 2 is 1.89 bits per heavy atom. The molecular formula is C17H16FN3O5S. The van der Waals surface area contributed by atoms with Crippen LogP contribution in [0.1, 0.15) is 18.4 Å². The third-order valence-electron chi connectivity index (χ3n) is 4.22. The quantitative estimate of drug-likeness (QED) is 0.620. The summed E-state index contributed by atoms with van der Waals surface area (Å²) in [6.07, 6.45) is 1.26. The molecule has 0 aliphatic carbocycles. The predicted octanol–water partition coefficient (Wildman–Crippen LogP) is 2.97. The van der Waals surface area contributed by atoms with E-state index in [2.05, 4.69) is 4.72 Å². The molecule has 0 spiro atoms. The minimum absolute atomic E-state index is 0.0115. The summed E-state index contributed by atoms with van der Waals surface area (Å²) in [5.41, 5.74) is -0.172. The number of anilines is 2. The Balaban J connectivity index is 1.86. The van der Waals surface area contributed by atoms with Gasteiger partial charge < -0.3 is 4.90 Å². The van der Waals surface area contributed by atoms with Crippen molar-refractivity contribution in [1.82, 2.24) is 0 Å². The first-order chi connectivity index (χ1) is 12.7. The van der Waals surface area contributed by atoms with E-state index in [0.717, 1.165) is 12.5 Å². The van der Waals surface area contributed by atoms with Gasteiger partial charge in [0.1, 0.15) is 0 Å². The first-order valence-corrected chi connectivity index (χ1v) is 9.55. The zero-order valence-electron chi connectivity index (χ0n) is 14.3. The van der Waals surface area contributed by atoms with Gasteiger partial charge in [-0.25, -0.2) is 8.42 Å². The van der Waals surface area contributed by atoms with Gasteiger partial charge in [-0.05, 0) is 49.2 Å². The van der Waals surface area contributed by atoms with Crippen LogP contribution in [0.25, 0.3) is 0 Å². The van der Waals surface area contributed by atoms with Crippen molar-refractivity contribution in [3.8, 4) is 0 Å². The Bertz CT molecular complexity index is 1020. The summed E-state index contributed by atoms with van der Waals surface area (Å²) in [4.78, 5) is 22.9. The maximum Gasteiger partial charge on any atom is 0.306 e. The molecule has 1 heterocycles. The predicted molar refractivity (Wildman–Crippen MR) is 96.6 cm³/mol. The van der Waals surface area contributed by atoms with Crippen molar-refractivity contribution >= 4 is 33.0 Å². The minimum atomic E-state index is -4.15. The van der Waals surface area contributed by atoms with Gasteiger partial charge in [0.05, 0.1) is 9.82 Å². The molecule has 1 aliphatic rings. The van der Waals surface area contributed by atoms with Crippen LogP contribution in [0.3, 0.4) is 0 Å². The number of nitro benzene ring substituents is 1. The fourth-order valence-corrected chi connectivity index (χ4v) is 4.01. The summed E-state index contributed by atoms with van der Waals surface area (Å²) in [7, 11) is -4.15. The van der Waals surface area contributed by atoms with E-state index in [0.29, 0.717) is 24.7 Å². The third kappa shape index (κ3) is 3.75. The molecule has 1 fully saturated rings. The molecule has 2 aromatic rings. The Morgan fingerprint density at radius 3 is 2.44 bits per heavy atom. The summed E-state index contributed by atoms with van der Waals surface area (Å²) in [6, 6.07) is 7.91. The Morgan fingerprint density at radius 1 is 1.22 bits per heavy atom. The molecular weight excluding hydrogens is 377 g/mol. The van der Waals surface area contributed by atoms with Crippen molar-refractivity contribution in [1.29, 1.82) is 0 Å². The third-order valence-corrected chi connectivity index (χ3v) is 5.58. The highest BCUT2D eigenvalue weighted by Gasteiger charge is 2.25. The molecule has 1 saturated heterocycles. The summed E-state index contributed by atoms with van der Waals surface area (Å²) in [6.45, 7) is 1.87. The van der Waals surface area contributed by atoms with Crippen molar-refractivity contribution < 1.29 is 22.5 Å². The number of hydrogen-bond donors (Lipinski definition) is 1. The summed E-state index contributed by atoms with van der Waals surface area (Å²) in [5.74, 6) is -1.06. The Hall–Kier alpha value is -3.01. The Labute approximate surface area is 154 Å². The normalized spacial score (nSPS) is 14.4. The highest BCUT2D eigenvalue weighted by atomic mass is 32.2. The summed E-state index contributed by atoms with van der Waals surface area (Å²) in [5, 5.41) is 10.9. The number of sulfonamides is 1. The zero-order valence-corrected chi connectivity index (χ0v) is 15.1. The first-order valence-electron chi connectivity index (χ1n) is 8.07. The number of carbonyl (C=O) groups excluding carboxylic acids is 1. The number of hydrogen-bond acceptors (Lipinski definition) is 5. The second-order valence-corrected chi connectivity index (χ2v) is 7.81. The maximum atomic E-state index is 13.8. The van der Waals surface area contributed by atoms with Crippen molar-refractivity contribution in [2.24, 2.45) is 0 Å². The molecule has 142 valence electrons. The second kappa shape index (κ2) is 6.95. The van der Waals surface area contributed by atoms with E-state index in [1.165, 1.54) is 19.1 Å². The SMILES string of the molecule is Cc1cc(S(=O)(=O)Nc2ccc(N3CCCC3=O)cc2)cc([N+](=O)[O-])c1F. The average molecular weight is 393 g/mol. The molecule has 3 rings (SSSR count). The molecule has 0 atom stereocenters. The second-order valence-electron chi connectivity index (χ2n) is 6.13. The smallest absolute Gasteiger partial charge is 0.306 e. The van der Waals surface area contributed by atoms with Crippen LogP contribution in [0.2, 0.25) is 0 Å². The lowest BCUT2D eigenvalue weighted by atomic mass is 10.2. The molecule has 1 aliphatic heterocycles. The van der Waals surface area contributed by atoms with Gasteiger partial charge in [-0.3, -0.25) is 19.6 Å². The molecule has 0 saturated carbocycles. The molecule has 0 unspecified atom stereocenters. The van der Waals surface area contributed by atoms with E-state index in [9.17, 15) is 27.7 Å². The fourth-order valence-electron chi connectivity index (χ4n) is 2.85. The van der Waals surface area contributed by atoms with Gasteiger partial charge >= 0.3 is 5.69 Å². The van der Waals surface area contributed by atoms with Crippen LogP contribution in [-0.2, 0) is 14.8 Å². The van der Waals surface area contributed by atoms with Crippen LogP contribution in [0.4, 0.5) is 21.5 Å². The number of rotatable bonds is 5. The molecule has 0 aromatic heterocycles. The topological polar surface area (TPSA) is 110 Å². The lowest BCUT2D eigenvalue weighted by molar-refractivity contribution is -0.387. The molecule has 1 amide bonds. The van der Waals surface area contributed by atoms with Crippen LogP contribution >= 0.6 is 0 Å². The summed E-state index contributed by atoms with van der Waals surface area (Å²) < 4.78 is 41.1. The van der Waals surface area contributed by atoms with Gasteiger partial charge in [0.25, 0.3) is 10.0 Å². The molecule has 0 bridgehead atoms. The maximum absolute atomic E-state index is 13.8. The van der Waals surface area contributed by atoms with Gasteiger partial charge in [0.15, 0.2) is 0 Å². The molecule has 0 radical (unpaired) electrons. The van der Waals surface area contributed by atoms with Gasteiger partial charge in [0.2, 0.25) is 11.7 Å². The number of benzene rings is 2. The van der Waals surface area contributed by atoms with Crippen LogP contribution in [0, 0.1) is 22.9 Å². The van der Waals surface area contributed by atoms with E-state index < -0.39 is 31.3 Å². The number of nitrogens with one attached hydrogen (secondary N) is 1. The highest BCUT2D eigenvalue weighted by molar-refractivity contribution is 7.92. The van der Waals surface area contributed by atoms with E-state index >= 15 is 0 Å². The van der Waals surface area contributed by atoms with Gasteiger partial charge in [-0.2, -0.15) is 4.39 Å².